The molecule has 0 unspecified atom stereocenters. The molecule has 0 aliphatic heterocycles. The Balaban J connectivity index is 2.02. The quantitative estimate of drug-likeness (QED) is 0.886. The molecule has 5 heteroatoms. The summed E-state index contributed by atoms with van der Waals surface area (Å²) in [5.41, 5.74) is 1.32. The van der Waals surface area contributed by atoms with Gasteiger partial charge in [-0.25, -0.2) is 0 Å². The lowest BCUT2D eigenvalue weighted by molar-refractivity contribution is -0.274. The molecule has 0 radical (unpaired) electrons. The predicted molar refractivity (Wildman–Crippen MR) is 71.7 cm³/mol. The molecule has 0 saturated heterocycles. The third-order valence-electron chi connectivity index (χ3n) is 3.95. The SMILES string of the molecule is CNCC1(Cc2ccc(OC(F)(F)F)cc2)CCCC1. The minimum atomic E-state index is -4.62. The van der Waals surface area contributed by atoms with E-state index in [0.29, 0.717) is 0 Å². The first-order valence-electron chi connectivity index (χ1n) is 6.92. The lowest BCUT2D eigenvalue weighted by Gasteiger charge is -2.29. The van der Waals surface area contributed by atoms with E-state index < -0.39 is 6.36 Å². The Morgan fingerprint density at radius 3 is 2.25 bits per heavy atom. The van der Waals surface area contributed by atoms with E-state index in [9.17, 15) is 13.2 Å². The maximum Gasteiger partial charge on any atom is 0.573 e. The van der Waals surface area contributed by atoms with Crippen molar-refractivity contribution in [2.75, 3.05) is 13.6 Å². The lowest BCUT2D eigenvalue weighted by atomic mass is 9.80. The summed E-state index contributed by atoms with van der Waals surface area (Å²) in [4.78, 5) is 0. The van der Waals surface area contributed by atoms with Crippen molar-refractivity contribution in [2.45, 2.75) is 38.5 Å². The molecule has 0 spiro atoms. The molecule has 1 saturated carbocycles. The summed E-state index contributed by atoms with van der Waals surface area (Å²) in [6, 6.07) is 6.25. The predicted octanol–water partition coefficient (Wildman–Crippen LogP) is 3.91. The number of hydrogen-bond acceptors (Lipinski definition) is 2. The number of nitrogens with one attached hydrogen (secondary N) is 1. The highest BCUT2D eigenvalue weighted by Crippen LogP contribution is 2.40. The standard InChI is InChI=1S/C15H20F3NO/c1-19-11-14(8-2-3-9-14)10-12-4-6-13(7-5-12)20-15(16,17)18/h4-7,19H,2-3,8-11H2,1H3. The molecule has 112 valence electrons. The van der Waals surface area contributed by atoms with Crippen molar-refractivity contribution in [1.29, 1.82) is 0 Å². The van der Waals surface area contributed by atoms with Gasteiger partial charge in [-0.1, -0.05) is 25.0 Å². The maximum absolute atomic E-state index is 12.1. The van der Waals surface area contributed by atoms with Gasteiger partial charge in [0.2, 0.25) is 0 Å². The molecule has 2 nitrogen and oxygen atoms in total. The average Bonchev–Trinajstić information content (AvgIpc) is 2.79. The lowest BCUT2D eigenvalue weighted by Crippen LogP contribution is -2.32. The van der Waals surface area contributed by atoms with Crippen LogP contribution in [-0.4, -0.2) is 20.0 Å². The molecule has 0 aromatic heterocycles. The fourth-order valence-corrected chi connectivity index (χ4v) is 3.16. The summed E-state index contributed by atoms with van der Waals surface area (Å²) in [6.45, 7) is 0.952. The van der Waals surface area contributed by atoms with E-state index in [4.69, 9.17) is 0 Å². The van der Waals surface area contributed by atoms with E-state index in [1.165, 1.54) is 37.8 Å². The molecule has 20 heavy (non-hydrogen) atoms. The second-order valence-corrected chi connectivity index (χ2v) is 5.61. The zero-order valence-electron chi connectivity index (χ0n) is 11.6. The molecule has 1 aliphatic carbocycles. The van der Waals surface area contributed by atoms with Gasteiger partial charge in [0.1, 0.15) is 5.75 Å². The zero-order chi connectivity index (χ0) is 14.6. The van der Waals surface area contributed by atoms with Crippen molar-refractivity contribution in [1.82, 2.24) is 5.32 Å². The minimum absolute atomic E-state index is 0.157. The van der Waals surface area contributed by atoms with Crippen LogP contribution in [0.15, 0.2) is 24.3 Å². The highest BCUT2D eigenvalue weighted by Gasteiger charge is 2.33. The summed E-state index contributed by atoms with van der Waals surface area (Å²) in [6.07, 6.45) is 1.09. The Morgan fingerprint density at radius 1 is 1.15 bits per heavy atom. The third kappa shape index (κ3) is 4.13. The number of hydrogen-bond donors (Lipinski definition) is 1. The Morgan fingerprint density at radius 2 is 1.75 bits per heavy atom. The van der Waals surface area contributed by atoms with Crippen molar-refractivity contribution < 1.29 is 17.9 Å². The van der Waals surface area contributed by atoms with Crippen molar-refractivity contribution in [2.24, 2.45) is 5.41 Å². The molecular weight excluding hydrogens is 267 g/mol. The number of rotatable bonds is 5. The van der Waals surface area contributed by atoms with Gasteiger partial charge in [-0.3, -0.25) is 0 Å². The number of halogens is 3. The van der Waals surface area contributed by atoms with E-state index in [-0.39, 0.29) is 11.2 Å². The first-order chi connectivity index (χ1) is 9.42. The van der Waals surface area contributed by atoms with Crippen LogP contribution in [0.1, 0.15) is 31.2 Å². The van der Waals surface area contributed by atoms with Crippen LogP contribution < -0.4 is 10.1 Å². The number of benzene rings is 1. The van der Waals surface area contributed by atoms with Crippen LogP contribution in [0.4, 0.5) is 13.2 Å². The number of alkyl halides is 3. The summed E-state index contributed by atoms with van der Waals surface area (Å²) in [5.74, 6) is -0.157. The fourth-order valence-electron chi connectivity index (χ4n) is 3.16. The van der Waals surface area contributed by atoms with Crippen LogP contribution in [0.25, 0.3) is 0 Å². The first kappa shape index (κ1) is 15.2. The summed E-state index contributed by atoms with van der Waals surface area (Å²) < 4.78 is 40.2. The van der Waals surface area contributed by atoms with Crippen LogP contribution in [-0.2, 0) is 6.42 Å². The van der Waals surface area contributed by atoms with Crippen molar-refractivity contribution >= 4 is 0 Å². The molecule has 1 aromatic rings. The van der Waals surface area contributed by atoms with Crippen LogP contribution in [0, 0.1) is 5.41 Å². The highest BCUT2D eigenvalue weighted by atomic mass is 19.4. The Labute approximate surface area is 117 Å². The molecule has 0 heterocycles. The van der Waals surface area contributed by atoms with Gasteiger partial charge < -0.3 is 10.1 Å². The summed E-state index contributed by atoms with van der Waals surface area (Å²) in [7, 11) is 1.94. The van der Waals surface area contributed by atoms with Gasteiger partial charge in [-0.15, -0.1) is 13.2 Å². The molecular formula is C15H20F3NO. The smallest absolute Gasteiger partial charge is 0.406 e. The Hall–Kier alpha value is -1.23. The molecule has 1 aliphatic rings. The highest BCUT2D eigenvalue weighted by molar-refractivity contribution is 5.28. The van der Waals surface area contributed by atoms with Crippen molar-refractivity contribution in [3.63, 3.8) is 0 Å². The van der Waals surface area contributed by atoms with Gasteiger partial charge in [-0.05, 0) is 49.4 Å². The second kappa shape index (κ2) is 6.04. The topological polar surface area (TPSA) is 21.3 Å². The average molecular weight is 287 g/mol. The maximum atomic E-state index is 12.1. The van der Waals surface area contributed by atoms with E-state index in [1.807, 2.05) is 7.05 Å². The normalized spacial score (nSPS) is 18.2. The molecule has 1 fully saturated rings. The van der Waals surface area contributed by atoms with E-state index in [2.05, 4.69) is 10.1 Å². The Bertz CT molecular complexity index is 422. The van der Waals surface area contributed by atoms with Crippen LogP contribution in [0.3, 0.4) is 0 Å². The molecule has 2 rings (SSSR count). The van der Waals surface area contributed by atoms with E-state index in [1.54, 1.807) is 12.1 Å². The van der Waals surface area contributed by atoms with Gasteiger partial charge >= 0.3 is 6.36 Å². The van der Waals surface area contributed by atoms with Gasteiger partial charge in [0.15, 0.2) is 0 Å². The first-order valence-corrected chi connectivity index (χ1v) is 6.92. The van der Waals surface area contributed by atoms with Crippen LogP contribution in [0.5, 0.6) is 5.75 Å². The van der Waals surface area contributed by atoms with Crippen LogP contribution in [0.2, 0.25) is 0 Å². The molecule has 0 bridgehead atoms. The van der Waals surface area contributed by atoms with E-state index in [0.717, 1.165) is 18.5 Å². The minimum Gasteiger partial charge on any atom is -0.406 e. The van der Waals surface area contributed by atoms with Crippen LogP contribution >= 0.6 is 0 Å². The number of ether oxygens (including phenoxy) is 1. The Kier molecular flexibility index (Phi) is 4.58. The van der Waals surface area contributed by atoms with Gasteiger partial charge in [0.05, 0.1) is 0 Å². The van der Waals surface area contributed by atoms with Gasteiger partial charge in [0.25, 0.3) is 0 Å². The molecule has 0 atom stereocenters. The second-order valence-electron chi connectivity index (χ2n) is 5.61. The van der Waals surface area contributed by atoms with E-state index >= 15 is 0 Å². The van der Waals surface area contributed by atoms with Gasteiger partial charge in [0, 0.05) is 6.54 Å². The molecule has 1 N–H and O–H groups in total. The van der Waals surface area contributed by atoms with Gasteiger partial charge in [-0.2, -0.15) is 0 Å². The van der Waals surface area contributed by atoms with Crippen molar-refractivity contribution in [3.8, 4) is 5.75 Å². The summed E-state index contributed by atoms with van der Waals surface area (Å²) in [5, 5.41) is 3.24. The zero-order valence-corrected chi connectivity index (χ0v) is 11.6. The third-order valence-corrected chi connectivity index (χ3v) is 3.95. The van der Waals surface area contributed by atoms with Crippen molar-refractivity contribution in [3.05, 3.63) is 29.8 Å². The fraction of sp³-hybridized carbons (Fsp3) is 0.600. The summed E-state index contributed by atoms with van der Waals surface area (Å²) >= 11 is 0. The largest absolute Gasteiger partial charge is 0.573 e. The monoisotopic (exact) mass is 287 g/mol. The molecule has 0 amide bonds. The molecule has 1 aromatic carbocycles.